The Balaban J connectivity index is 1.74. The quantitative estimate of drug-likeness (QED) is 0.876. The van der Waals surface area contributed by atoms with E-state index < -0.39 is 0 Å². The molecule has 2 heterocycles. The van der Waals surface area contributed by atoms with E-state index in [1.54, 1.807) is 6.07 Å². The van der Waals surface area contributed by atoms with E-state index >= 15 is 0 Å². The number of benzene rings is 1. The summed E-state index contributed by atoms with van der Waals surface area (Å²) >= 11 is 6.21. The van der Waals surface area contributed by atoms with Crippen LogP contribution in [0.15, 0.2) is 18.2 Å². The van der Waals surface area contributed by atoms with Crippen LogP contribution in [0.3, 0.4) is 0 Å². The van der Waals surface area contributed by atoms with Gasteiger partial charge in [0.1, 0.15) is 5.75 Å². The highest BCUT2D eigenvalue weighted by Gasteiger charge is 2.44. The molecular weight excluding hydrogens is 300 g/mol. The molecule has 2 aliphatic rings. The zero-order valence-electron chi connectivity index (χ0n) is 13.1. The van der Waals surface area contributed by atoms with Crippen LogP contribution in [-0.2, 0) is 6.54 Å². The molecule has 0 bridgehead atoms. The molecule has 1 spiro atoms. The fourth-order valence-corrected chi connectivity index (χ4v) is 4.28. The van der Waals surface area contributed by atoms with Crippen molar-refractivity contribution >= 4 is 11.6 Å². The third kappa shape index (κ3) is 3.11. The molecule has 0 unspecified atom stereocenters. The lowest BCUT2D eigenvalue weighted by Gasteiger charge is -2.50. The SMILES string of the molecule is CN1CC[C@H](O)[C@@]2(CCCN(Cc3cccc(O)c3Cl)C2)C1. The van der Waals surface area contributed by atoms with Gasteiger partial charge in [-0.25, -0.2) is 0 Å². The number of halogens is 1. The summed E-state index contributed by atoms with van der Waals surface area (Å²) in [4.78, 5) is 4.70. The Hall–Kier alpha value is -0.810. The molecule has 1 aromatic rings. The predicted octanol–water partition coefficient (Wildman–Crippen LogP) is 2.32. The highest BCUT2D eigenvalue weighted by Crippen LogP contribution is 2.39. The summed E-state index contributed by atoms with van der Waals surface area (Å²) in [5.41, 5.74) is 0.937. The molecule has 2 aliphatic heterocycles. The van der Waals surface area contributed by atoms with Crippen molar-refractivity contribution in [2.24, 2.45) is 5.41 Å². The van der Waals surface area contributed by atoms with Crippen LogP contribution in [0.5, 0.6) is 5.75 Å². The molecule has 0 amide bonds. The number of likely N-dealkylation sites (tertiary alicyclic amines) is 2. The maximum Gasteiger partial charge on any atom is 0.134 e. The van der Waals surface area contributed by atoms with Gasteiger partial charge < -0.3 is 15.1 Å². The predicted molar refractivity (Wildman–Crippen MR) is 88.2 cm³/mol. The second kappa shape index (κ2) is 6.36. The molecule has 3 rings (SSSR count). The lowest BCUT2D eigenvalue weighted by atomic mass is 9.71. The van der Waals surface area contributed by atoms with Crippen LogP contribution in [0.4, 0.5) is 0 Å². The first kappa shape index (κ1) is 16.1. The van der Waals surface area contributed by atoms with Gasteiger partial charge in [0.25, 0.3) is 0 Å². The third-order valence-electron chi connectivity index (χ3n) is 5.22. The molecule has 0 aliphatic carbocycles. The summed E-state index contributed by atoms with van der Waals surface area (Å²) in [6.45, 7) is 4.57. The minimum Gasteiger partial charge on any atom is -0.506 e. The van der Waals surface area contributed by atoms with Gasteiger partial charge in [0, 0.05) is 31.6 Å². The molecule has 0 saturated carbocycles. The van der Waals surface area contributed by atoms with Gasteiger partial charge in [-0.15, -0.1) is 0 Å². The molecule has 5 heteroatoms. The molecule has 122 valence electrons. The van der Waals surface area contributed by atoms with Crippen molar-refractivity contribution in [1.82, 2.24) is 9.80 Å². The van der Waals surface area contributed by atoms with E-state index in [4.69, 9.17) is 11.6 Å². The van der Waals surface area contributed by atoms with Crippen LogP contribution in [0.1, 0.15) is 24.8 Å². The highest BCUT2D eigenvalue weighted by molar-refractivity contribution is 6.32. The molecule has 2 atom stereocenters. The van der Waals surface area contributed by atoms with Gasteiger partial charge in [-0.2, -0.15) is 0 Å². The van der Waals surface area contributed by atoms with E-state index in [2.05, 4.69) is 16.8 Å². The number of nitrogens with zero attached hydrogens (tertiary/aromatic N) is 2. The first-order valence-electron chi connectivity index (χ1n) is 8.05. The number of piperidine rings is 2. The van der Waals surface area contributed by atoms with Crippen LogP contribution >= 0.6 is 11.6 Å². The van der Waals surface area contributed by atoms with E-state index in [0.29, 0.717) is 5.02 Å². The smallest absolute Gasteiger partial charge is 0.134 e. The Labute approximate surface area is 137 Å². The molecule has 22 heavy (non-hydrogen) atoms. The van der Waals surface area contributed by atoms with Gasteiger partial charge in [-0.05, 0) is 44.5 Å². The van der Waals surface area contributed by atoms with E-state index in [-0.39, 0.29) is 17.3 Å². The van der Waals surface area contributed by atoms with E-state index in [1.165, 1.54) is 0 Å². The van der Waals surface area contributed by atoms with Gasteiger partial charge in [-0.3, -0.25) is 4.90 Å². The van der Waals surface area contributed by atoms with Crippen molar-refractivity contribution in [3.8, 4) is 5.75 Å². The second-order valence-electron chi connectivity index (χ2n) is 6.97. The highest BCUT2D eigenvalue weighted by atomic mass is 35.5. The number of hydrogen-bond acceptors (Lipinski definition) is 4. The van der Waals surface area contributed by atoms with Crippen LogP contribution in [0.2, 0.25) is 5.02 Å². The molecule has 2 saturated heterocycles. The third-order valence-corrected chi connectivity index (χ3v) is 5.65. The van der Waals surface area contributed by atoms with Crippen molar-refractivity contribution in [2.75, 3.05) is 33.2 Å². The maximum atomic E-state index is 10.6. The molecule has 0 radical (unpaired) electrons. The van der Waals surface area contributed by atoms with E-state index in [1.807, 2.05) is 12.1 Å². The van der Waals surface area contributed by atoms with Gasteiger partial charge >= 0.3 is 0 Å². The molecule has 0 aromatic heterocycles. The van der Waals surface area contributed by atoms with Gasteiger partial charge in [0.2, 0.25) is 0 Å². The Morgan fingerprint density at radius 3 is 2.95 bits per heavy atom. The van der Waals surface area contributed by atoms with E-state index in [0.717, 1.165) is 57.5 Å². The fourth-order valence-electron chi connectivity index (χ4n) is 4.09. The molecule has 2 N–H and O–H groups in total. The average molecular weight is 325 g/mol. The van der Waals surface area contributed by atoms with Gasteiger partial charge in [-0.1, -0.05) is 23.7 Å². The largest absolute Gasteiger partial charge is 0.506 e. The summed E-state index contributed by atoms with van der Waals surface area (Å²) in [5.74, 6) is 0.142. The molecule has 2 fully saturated rings. The standard InChI is InChI=1S/C17H25ClN2O2/c1-19-9-6-15(22)17(11-19)7-3-8-20(12-17)10-13-4-2-5-14(21)16(13)18/h2,4-5,15,21-22H,3,6-12H2,1H3/t15-,17-/m0/s1. The van der Waals surface area contributed by atoms with E-state index in [9.17, 15) is 10.2 Å². The molecular formula is C17H25ClN2O2. The summed E-state index contributed by atoms with van der Waals surface area (Å²) in [7, 11) is 2.14. The van der Waals surface area contributed by atoms with Crippen molar-refractivity contribution < 1.29 is 10.2 Å². The zero-order valence-corrected chi connectivity index (χ0v) is 13.9. The second-order valence-corrected chi connectivity index (χ2v) is 7.35. The van der Waals surface area contributed by atoms with Crippen LogP contribution in [0.25, 0.3) is 0 Å². The molecule has 4 nitrogen and oxygen atoms in total. The Morgan fingerprint density at radius 1 is 1.32 bits per heavy atom. The number of aliphatic hydroxyl groups is 1. The number of rotatable bonds is 2. The van der Waals surface area contributed by atoms with Crippen LogP contribution in [-0.4, -0.2) is 59.3 Å². The number of phenols is 1. The lowest BCUT2D eigenvalue weighted by Crippen LogP contribution is -2.58. The Morgan fingerprint density at radius 2 is 2.14 bits per heavy atom. The first-order chi connectivity index (χ1) is 10.5. The van der Waals surface area contributed by atoms with Crippen molar-refractivity contribution in [3.05, 3.63) is 28.8 Å². The Kier molecular flexibility index (Phi) is 4.64. The number of aromatic hydroxyl groups is 1. The van der Waals surface area contributed by atoms with Crippen LogP contribution < -0.4 is 0 Å². The average Bonchev–Trinajstić information content (AvgIpc) is 2.49. The van der Waals surface area contributed by atoms with Crippen LogP contribution in [0, 0.1) is 5.41 Å². The monoisotopic (exact) mass is 324 g/mol. The lowest BCUT2D eigenvalue weighted by molar-refractivity contribution is -0.0807. The topological polar surface area (TPSA) is 46.9 Å². The normalized spacial score (nSPS) is 30.8. The summed E-state index contributed by atoms with van der Waals surface area (Å²) in [5, 5.41) is 20.8. The van der Waals surface area contributed by atoms with Crippen molar-refractivity contribution in [2.45, 2.75) is 31.9 Å². The minimum atomic E-state index is -0.217. The summed E-state index contributed by atoms with van der Waals surface area (Å²) in [6.07, 6.45) is 2.83. The minimum absolute atomic E-state index is 0.0193. The number of aliphatic hydroxyl groups excluding tert-OH is 1. The first-order valence-corrected chi connectivity index (χ1v) is 8.43. The van der Waals surface area contributed by atoms with Crippen molar-refractivity contribution in [3.63, 3.8) is 0 Å². The number of phenolic OH excluding ortho intramolecular Hbond substituents is 1. The van der Waals surface area contributed by atoms with Gasteiger partial charge in [0.15, 0.2) is 0 Å². The Bertz CT molecular complexity index is 539. The summed E-state index contributed by atoms with van der Waals surface area (Å²) in [6, 6.07) is 5.41. The summed E-state index contributed by atoms with van der Waals surface area (Å²) < 4.78 is 0. The zero-order chi connectivity index (χ0) is 15.7. The fraction of sp³-hybridized carbons (Fsp3) is 0.647. The molecule has 1 aromatic carbocycles. The maximum absolute atomic E-state index is 10.6. The van der Waals surface area contributed by atoms with Gasteiger partial charge in [0.05, 0.1) is 11.1 Å². The van der Waals surface area contributed by atoms with Crippen molar-refractivity contribution in [1.29, 1.82) is 0 Å². The number of hydrogen-bond donors (Lipinski definition) is 2.